The van der Waals surface area contributed by atoms with Crippen molar-refractivity contribution in [2.75, 3.05) is 36.5 Å². The molecule has 0 aromatic heterocycles. The van der Waals surface area contributed by atoms with E-state index in [4.69, 9.17) is 5.73 Å². The topological polar surface area (TPSA) is 32.5 Å². The lowest BCUT2D eigenvalue weighted by molar-refractivity contribution is 0.471. The van der Waals surface area contributed by atoms with Crippen molar-refractivity contribution in [3.8, 4) is 0 Å². The molecule has 3 heteroatoms. The highest BCUT2D eigenvalue weighted by Gasteiger charge is 2.20. The Morgan fingerprint density at radius 3 is 2.50 bits per heavy atom. The van der Waals surface area contributed by atoms with Crippen LogP contribution in [-0.2, 0) is 0 Å². The number of anilines is 2. The summed E-state index contributed by atoms with van der Waals surface area (Å²) in [5.41, 5.74) is 8.58. The smallest absolute Gasteiger partial charge is 0.0604 e. The summed E-state index contributed by atoms with van der Waals surface area (Å²) in [6, 6.07) is 9.09. The Labute approximate surface area is 123 Å². The Morgan fingerprint density at radius 2 is 1.80 bits per heavy atom. The lowest BCUT2D eigenvalue weighted by Crippen LogP contribution is -2.41. The average molecular weight is 275 g/mol. The minimum Gasteiger partial charge on any atom is -0.371 e. The van der Waals surface area contributed by atoms with Crippen LogP contribution in [-0.4, -0.2) is 32.7 Å². The van der Waals surface area contributed by atoms with Gasteiger partial charge in [0.05, 0.1) is 11.4 Å². The fraction of sp³-hybridized carbons (Fsp3) is 0.647. The first-order chi connectivity index (χ1) is 9.58. The molecule has 2 N–H and O–H groups in total. The van der Waals surface area contributed by atoms with Gasteiger partial charge in [-0.25, -0.2) is 0 Å². The molecule has 0 saturated carbocycles. The first-order valence-electron chi connectivity index (χ1n) is 7.88. The molecule has 1 aliphatic heterocycles. The van der Waals surface area contributed by atoms with E-state index < -0.39 is 0 Å². The van der Waals surface area contributed by atoms with Gasteiger partial charge < -0.3 is 15.5 Å². The zero-order valence-electron chi connectivity index (χ0n) is 13.2. The minimum atomic E-state index is 0.339. The van der Waals surface area contributed by atoms with Crippen LogP contribution in [0.4, 0.5) is 11.4 Å². The van der Waals surface area contributed by atoms with E-state index in [9.17, 15) is 0 Å². The third kappa shape index (κ3) is 3.89. The molecule has 2 rings (SSSR count). The molecule has 1 aliphatic rings. The van der Waals surface area contributed by atoms with Crippen LogP contribution in [0.3, 0.4) is 0 Å². The standard InChI is InChI=1S/C17H29N3/c1-14(7-6-8-15(2)18)13-20-12-11-19(3)16-9-4-5-10-17(16)20/h4-5,9-10,14-15H,6-8,11-13,18H2,1-3H3. The average Bonchev–Trinajstić information content (AvgIpc) is 2.42. The molecule has 0 aliphatic carbocycles. The predicted molar refractivity (Wildman–Crippen MR) is 88.6 cm³/mol. The number of hydrogen-bond donors (Lipinski definition) is 1. The largest absolute Gasteiger partial charge is 0.371 e. The quantitative estimate of drug-likeness (QED) is 0.866. The molecule has 112 valence electrons. The van der Waals surface area contributed by atoms with Crippen LogP contribution in [0.1, 0.15) is 33.1 Å². The van der Waals surface area contributed by atoms with Crippen LogP contribution in [0.25, 0.3) is 0 Å². The van der Waals surface area contributed by atoms with E-state index in [-0.39, 0.29) is 0 Å². The summed E-state index contributed by atoms with van der Waals surface area (Å²) in [6.45, 7) is 7.86. The summed E-state index contributed by atoms with van der Waals surface area (Å²) in [4.78, 5) is 4.90. The lowest BCUT2D eigenvalue weighted by Gasteiger charge is -2.38. The number of rotatable bonds is 6. The van der Waals surface area contributed by atoms with Gasteiger partial charge in [-0.1, -0.05) is 25.5 Å². The van der Waals surface area contributed by atoms with Crippen molar-refractivity contribution < 1.29 is 0 Å². The molecule has 0 amide bonds. The lowest BCUT2D eigenvalue weighted by atomic mass is 10.0. The Balaban J connectivity index is 1.92. The Bertz CT molecular complexity index is 416. The number of fused-ring (bicyclic) bond motifs is 1. The minimum absolute atomic E-state index is 0.339. The van der Waals surface area contributed by atoms with Gasteiger partial charge in [-0.05, 0) is 37.8 Å². The zero-order chi connectivity index (χ0) is 14.5. The summed E-state index contributed by atoms with van der Waals surface area (Å²) in [5, 5.41) is 0. The second kappa shape index (κ2) is 6.98. The second-order valence-electron chi connectivity index (χ2n) is 6.37. The molecule has 2 atom stereocenters. The number of para-hydroxylation sites is 2. The molecule has 0 bridgehead atoms. The van der Waals surface area contributed by atoms with Crippen molar-refractivity contribution in [1.82, 2.24) is 0 Å². The van der Waals surface area contributed by atoms with E-state index >= 15 is 0 Å². The number of nitrogens with two attached hydrogens (primary N) is 1. The van der Waals surface area contributed by atoms with Gasteiger partial charge in [0.2, 0.25) is 0 Å². The molecule has 2 unspecified atom stereocenters. The molecular weight excluding hydrogens is 246 g/mol. The highest BCUT2D eigenvalue weighted by molar-refractivity contribution is 5.73. The van der Waals surface area contributed by atoms with E-state index in [1.165, 1.54) is 24.2 Å². The first kappa shape index (κ1) is 15.2. The van der Waals surface area contributed by atoms with Crippen molar-refractivity contribution in [3.63, 3.8) is 0 Å². The van der Waals surface area contributed by atoms with E-state index in [1.54, 1.807) is 0 Å². The number of hydrogen-bond acceptors (Lipinski definition) is 3. The fourth-order valence-electron chi connectivity index (χ4n) is 3.01. The van der Waals surface area contributed by atoms with E-state index in [2.05, 4.69) is 55.0 Å². The van der Waals surface area contributed by atoms with Crippen LogP contribution < -0.4 is 15.5 Å². The maximum atomic E-state index is 5.83. The molecule has 0 radical (unpaired) electrons. The highest BCUT2D eigenvalue weighted by atomic mass is 15.2. The van der Waals surface area contributed by atoms with Crippen molar-refractivity contribution >= 4 is 11.4 Å². The van der Waals surface area contributed by atoms with Gasteiger partial charge in [-0.15, -0.1) is 0 Å². The maximum Gasteiger partial charge on any atom is 0.0604 e. The third-order valence-electron chi connectivity index (χ3n) is 4.23. The monoisotopic (exact) mass is 275 g/mol. The molecule has 0 saturated heterocycles. The first-order valence-corrected chi connectivity index (χ1v) is 7.88. The van der Waals surface area contributed by atoms with Crippen LogP contribution in [0.2, 0.25) is 0 Å². The molecule has 3 nitrogen and oxygen atoms in total. The molecular formula is C17H29N3. The van der Waals surface area contributed by atoms with Crippen molar-refractivity contribution in [3.05, 3.63) is 24.3 Å². The molecule has 1 aromatic rings. The van der Waals surface area contributed by atoms with Crippen LogP contribution in [0.15, 0.2) is 24.3 Å². The number of benzene rings is 1. The summed E-state index contributed by atoms with van der Waals surface area (Å²) < 4.78 is 0. The molecule has 1 aromatic carbocycles. The van der Waals surface area contributed by atoms with Crippen molar-refractivity contribution in [2.24, 2.45) is 11.7 Å². The number of likely N-dealkylation sites (N-methyl/N-ethyl adjacent to an activating group) is 1. The highest BCUT2D eigenvalue weighted by Crippen LogP contribution is 2.32. The summed E-state index contributed by atoms with van der Waals surface area (Å²) in [5.74, 6) is 0.727. The molecule has 0 fully saturated rings. The molecule has 20 heavy (non-hydrogen) atoms. The van der Waals surface area contributed by atoms with Gasteiger partial charge in [-0.3, -0.25) is 0 Å². The fourth-order valence-corrected chi connectivity index (χ4v) is 3.01. The normalized spacial score (nSPS) is 17.8. The maximum absolute atomic E-state index is 5.83. The zero-order valence-corrected chi connectivity index (χ0v) is 13.2. The summed E-state index contributed by atoms with van der Waals surface area (Å²) in [6.07, 6.45) is 3.66. The van der Waals surface area contributed by atoms with Crippen LogP contribution in [0.5, 0.6) is 0 Å². The van der Waals surface area contributed by atoms with E-state index in [1.807, 2.05) is 0 Å². The molecule has 0 spiro atoms. The van der Waals surface area contributed by atoms with Gasteiger partial charge in [0, 0.05) is 32.7 Å². The Kier molecular flexibility index (Phi) is 5.30. The molecule has 1 heterocycles. The van der Waals surface area contributed by atoms with E-state index in [0.29, 0.717) is 6.04 Å². The van der Waals surface area contributed by atoms with Gasteiger partial charge in [-0.2, -0.15) is 0 Å². The Morgan fingerprint density at radius 1 is 1.10 bits per heavy atom. The van der Waals surface area contributed by atoms with Crippen LogP contribution >= 0.6 is 0 Å². The predicted octanol–water partition coefficient (Wildman–Crippen LogP) is 3.10. The van der Waals surface area contributed by atoms with Gasteiger partial charge in [0.25, 0.3) is 0 Å². The van der Waals surface area contributed by atoms with E-state index in [0.717, 1.165) is 32.0 Å². The summed E-state index contributed by atoms with van der Waals surface area (Å²) in [7, 11) is 2.18. The SMILES string of the molecule is CC(N)CCCC(C)CN1CCN(C)c2ccccc21. The van der Waals surface area contributed by atoms with Gasteiger partial charge in [0.15, 0.2) is 0 Å². The van der Waals surface area contributed by atoms with Gasteiger partial charge in [0.1, 0.15) is 0 Å². The van der Waals surface area contributed by atoms with Gasteiger partial charge >= 0.3 is 0 Å². The van der Waals surface area contributed by atoms with Crippen LogP contribution in [0, 0.1) is 5.92 Å². The second-order valence-corrected chi connectivity index (χ2v) is 6.37. The van der Waals surface area contributed by atoms with Crippen molar-refractivity contribution in [1.29, 1.82) is 0 Å². The Hall–Kier alpha value is -1.22. The number of nitrogens with zero attached hydrogens (tertiary/aromatic N) is 2. The van der Waals surface area contributed by atoms with Crippen molar-refractivity contribution in [2.45, 2.75) is 39.2 Å². The summed E-state index contributed by atoms with van der Waals surface area (Å²) >= 11 is 0. The third-order valence-corrected chi connectivity index (χ3v) is 4.23.